The predicted octanol–water partition coefficient (Wildman–Crippen LogP) is -0.134. The molecule has 2 aliphatic heterocycles. The number of carbonyl (C=O) groups excluding carboxylic acids is 2. The summed E-state index contributed by atoms with van der Waals surface area (Å²) in [6, 6.07) is 0.0839. The van der Waals surface area contributed by atoms with Crippen LogP contribution in [0.15, 0.2) is 0 Å². The van der Waals surface area contributed by atoms with Crippen LogP contribution in [0.4, 0.5) is 0 Å². The van der Waals surface area contributed by atoms with E-state index < -0.39 is 0 Å². The molecule has 2 aliphatic rings. The lowest BCUT2D eigenvalue weighted by atomic mass is 10.0. The predicted molar refractivity (Wildman–Crippen MR) is 64.4 cm³/mol. The molecule has 0 aromatic carbocycles. The first-order valence-electron chi connectivity index (χ1n) is 6.44. The van der Waals surface area contributed by atoms with Crippen LogP contribution in [0.5, 0.6) is 0 Å². The van der Waals surface area contributed by atoms with Crippen molar-refractivity contribution in [3.8, 4) is 0 Å². The molecule has 1 unspecified atom stereocenters. The molecule has 0 radical (unpaired) electrons. The van der Waals surface area contributed by atoms with Crippen molar-refractivity contribution in [2.24, 2.45) is 0 Å². The summed E-state index contributed by atoms with van der Waals surface area (Å²) in [4.78, 5) is 25.0. The van der Waals surface area contributed by atoms with Crippen molar-refractivity contribution in [3.05, 3.63) is 0 Å². The Hall–Kier alpha value is -1.10. The van der Waals surface area contributed by atoms with Crippen molar-refractivity contribution in [2.75, 3.05) is 20.1 Å². The van der Waals surface area contributed by atoms with Gasteiger partial charge in [-0.25, -0.2) is 0 Å². The summed E-state index contributed by atoms with van der Waals surface area (Å²) >= 11 is 0. The Kier molecular flexibility index (Phi) is 3.99. The molecule has 17 heavy (non-hydrogen) atoms. The van der Waals surface area contributed by atoms with E-state index in [4.69, 9.17) is 0 Å². The Labute approximate surface area is 102 Å². The van der Waals surface area contributed by atoms with Crippen molar-refractivity contribution < 1.29 is 9.59 Å². The lowest BCUT2D eigenvalue weighted by molar-refractivity contribution is -0.134. The average molecular weight is 239 g/mol. The monoisotopic (exact) mass is 239 g/mol. The highest BCUT2D eigenvalue weighted by Crippen LogP contribution is 2.11. The van der Waals surface area contributed by atoms with Crippen molar-refractivity contribution in [2.45, 2.75) is 44.2 Å². The van der Waals surface area contributed by atoms with Crippen molar-refractivity contribution in [1.29, 1.82) is 0 Å². The van der Waals surface area contributed by atoms with Gasteiger partial charge >= 0.3 is 0 Å². The minimum absolute atomic E-state index is 0.0355. The molecule has 0 saturated carbocycles. The van der Waals surface area contributed by atoms with E-state index in [2.05, 4.69) is 10.6 Å². The van der Waals surface area contributed by atoms with Gasteiger partial charge in [0.05, 0.1) is 6.04 Å². The maximum Gasteiger partial charge on any atom is 0.237 e. The van der Waals surface area contributed by atoms with Gasteiger partial charge in [0.1, 0.15) is 0 Å². The van der Waals surface area contributed by atoms with Gasteiger partial charge in [0.15, 0.2) is 0 Å². The van der Waals surface area contributed by atoms with Crippen molar-refractivity contribution in [3.63, 3.8) is 0 Å². The number of carbonyl (C=O) groups is 2. The molecule has 0 spiro atoms. The fraction of sp³-hybridized carbons (Fsp3) is 0.833. The van der Waals surface area contributed by atoms with Crippen molar-refractivity contribution in [1.82, 2.24) is 15.5 Å². The summed E-state index contributed by atoms with van der Waals surface area (Å²) in [7, 11) is 1.79. The van der Waals surface area contributed by atoms with Crippen LogP contribution in [-0.2, 0) is 9.59 Å². The zero-order chi connectivity index (χ0) is 12.3. The minimum Gasteiger partial charge on any atom is -0.350 e. The third-order valence-electron chi connectivity index (χ3n) is 3.60. The number of piperidine rings is 2. The van der Waals surface area contributed by atoms with E-state index in [1.807, 2.05) is 0 Å². The summed E-state index contributed by atoms with van der Waals surface area (Å²) in [5.74, 6) is 0.267. The highest BCUT2D eigenvalue weighted by Gasteiger charge is 2.27. The molecule has 2 amide bonds. The Balaban J connectivity index is 1.80. The summed E-state index contributed by atoms with van der Waals surface area (Å²) in [6.07, 6.45) is 4.51. The van der Waals surface area contributed by atoms with Crippen LogP contribution in [0.2, 0.25) is 0 Å². The molecule has 5 nitrogen and oxygen atoms in total. The third-order valence-corrected chi connectivity index (χ3v) is 3.60. The normalized spacial score (nSPS) is 30.2. The van der Waals surface area contributed by atoms with Gasteiger partial charge in [-0.05, 0) is 25.8 Å². The zero-order valence-corrected chi connectivity index (χ0v) is 10.4. The van der Waals surface area contributed by atoms with Gasteiger partial charge in [0.25, 0.3) is 0 Å². The van der Waals surface area contributed by atoms with Crippen LogP contribution in [0.1, 0.15) is 32.1 Å². The first-order valence-corrected chi connectivity index (χ1v) is 6.44. The average Bonchev–Trinajstić information content (AvgIpc) is 2.35. The highest BCUT2D eigenvalue weighted by molar-refractivity contribution is 5.82. The number of hydrogen-bond donors (Lipinski definition) is 2. The van der Waals surface area contributed by atoms with Crippen LogP contribution in [0.3, 0.4) is 0 Å². The third kappa shape index (κ3) is 3.19. The van der Waals surface area contributed by atoms with Crippen LogP contribution >= 0.6 is 0 Å². The Bertz CT molecular complexity index is 300. The van der Waals surface area contributed by atoms with E-state index in [0.29, 0.717) is 13.0 Å². The molecule has 0 aliphatic carbocycles. The van der Waals surface area contributed by atoms with Crippen LogP contribution in [0.25, 0.3) is 0 Å². The number of amides is 2. The quantitative estimate of drug-likeness (QED) is 0.705. The van der Waals surface area contributed by atoms with Gasteiger partial charge in [0.2, 0.25) is 11.8 Å². The highest BCUT2D eigenvalue weighted by atomic mass is 16.2. The fourth-order valence-corrected chi connectivity index (χ4v) is 2.51. The molecule has 2 saturated heterocycles. The lowest BCUT2D eigenvalue weighted by Gasteiger charge is -2.32. The van der Waals surface area contributed by atoms with E-state index >= 15 is 0 Å². The minimum atomic E-state index is -0.0355. The summed E-state index contributed by atoms with van der Waals surface area (Å²) in [6.45, 7) is 1.57. The second kappa shape index (κ2) is 5.49. The second-order valence-corrected chi connectivity index (χ2v) is 5.02. The van der Waals surface area contributed by atoms with E-state index in [1.165, 1.54) is 0 Å². The maximum absolute atomic E-state index is 12.0. The molecule has 5 heteroatoms. The van der Waals surface area contributed by atoms with E-state index in [-0.39, 0.29) is 23.9 Å². The van der Waals surface area contributed by atoms with Gasteiger partial charge in [-0.1, -0.05) is 6.42 Å². The number of likely N-dealkylation sites (N-methyl/N-ethyl adjacent to an activating group) is 1. The Morgan fingerprint density at radius 1 is 1.41 bits per heavy atom. The molecule has 0 bridgehead atoms. The lowest BCUT2D eigenvalue weighted by Crippen LogP contribution is -2.54. The smallest absolute Gasteiger partial charge is 0.237 e. The van der Waals surface area contributed by atoms with Crippen LogP contribution in [-0.4, -0.2) is 48.9 Å². The molecule has 0 aromatic rings. The molecule has 2 N–H and O–H groups in total. The number of rotatable bonds is 2. The van der Waals surface area contributed by atoms with Crippen LogP contribution in [0, 0.1) is 0 Å². The molecule has 2 atom stereocenters. The van der Waals surface area contributed by atoms with Gasteiger partial charge in [-0.15, -0.1) is 0 Å². The van der Waals surface area contributed by atoms with Gasteiger partial charge in [-0.2, -0.15) is 0 Å². The second-order valence-electron chi connectivity index (χ2n) is 5.02. The number of nitrogens with one attached hydrogen (secondary N) is 2. The molecular formula is C12H21N3O2. The number of nitrogens with zero attached hydrogens (tertiary/aromatic N) is 1. The summed E-state index contributed by atoms with van der Waals surface area (Å²) < 4.78 is 0. The maximum atomic E-state index is 12.0. The molecule has 0 aromatic heterocycles. The molecule has 2 rings (SSSR count). The van der Waals surface area contributed by atoms with Crippen LogP contribution < -0.4 is 10.6 Å². The molecule has 2 heterocycles. The van der Waals surface area contributed by atoms with Gasteiger partial charge in [0, 0.05) is 26.1 Å². The topological polar surface area (TPSA) is 61.4 Å². The molecule has 96 valence electrons. The SMILES string of the molecule is CN1CC(NC(=O)[C@@H]2CCCCN2)CCC1=O. The van der Waals surface area contributed by atoms with E-state index in [0.717, 1.165) is 32.2 Å². The summed E-state index contributed by atoms with van der Waals surface area (Å²) in [5, 5.41) is 6.28. The molecule has 2 fully saturated rings. The first-order chi connectivity index (χ1) is 8.16. The van der Waals surface area contributed by atoms with E-state index in [9.17, 15) is 9.59 Å². The van der Waals surface area contributed by atoms with E-state index in [1.54, 1.807) is 11.9 Å². The zero-order valence-electron chi connectivity index (χ0n) is 10.4. The Morgan fingerprint density at radius 2 is 2.24 bits per heavy atom. The number of hydrogen-bond acceptors (Lipinski definition) is 3. The number of likely N-dealkylation sites (tertiary alicyclic amines) is 1. The van der Waals surface area contributed by atoms with Crippen molar-refractivity contribution >= 4 is 11.8 Å². The molecular weight excluding hydrogens is 218 g/mol. The summed E-state index contributed by atoms with van der Waals surface area (Å²) in [5.41, 5.74) is 0. The Morgan fingerprint density at radius 3 is 2.88 bits per heavy atom. The van der Waals surface area contributed by atoms with Gasteiger partial charge in [-0.3, -0.25) is 9.59 Å². The largest absolute Gasteiger partial charge is 0.350 e. The van der Waals surface area contributed by atoms with Gasteiger partial charge < -0.3 is 15.5 Å². The fourth-order valence-electron chi connectivity index (χ4n) is 2.51. The standard InChI is InChI=1S/C12H21N3O2/c1-15-8-9(5-6-11(15)16)14-12(17)10-4-2-3-7-13-10/h9-10,13H,2-8H2,1H3,(H,14,17)/t9?,10-/m0/s1. The first kappa shape index (κ1) is 12.4.